The normalized spacial score (nSPS) is 10.7. The van der Waals surface area contributed by atoms with Gasteiger partial charge in [0.2, 0.25) is 15.9 Å². The molecule has 6 nitrogen and oxygen atoms in total. The molecule has 0 aliphatic rings. The highest BCUT2D eigenvalue weighted by Gasteiger charge is 2.05. The van der Waals surface area contributed by atoms with E-state index in [4.69, 9.17) is 10.00 Å². The average Bonchev–Trinajstić information content (AvgIpc) is 2.40. The first kappa shape index (κ1) is 14.8. The van der Waals surface area contributed by atoms with Crippen molar-refractivity contribution in [3.63, 3.8) is 0 Å². The third-order valence-corrected chi connectivity index (χ3v) is 3.17. The smallest absolute Gasteiger partial charge is 0.229 e. The molecule has 2 rings (SSSR count). The summed E-state index contributed by atoms with van der Waals surface area (Å²) >= 11 is 0. The van der Waals surface area contributed by atoms with Crippen LogP contribution in [0.25, 0.3) is 0 Å². The molecular formula is C14H13N3O3S. The minimum absolute atomic E-state index is 0.371. The molecule has 7 heteroatoms. The molecule has 0 atom stereocenters. The highest BCUT2D eigenvalue weighted by molar-refractivity contribution is 7.92. The molecule has 0 saturated heterocycles. The number of nitrogens with one attached hydrogen (secondary N) is 1. The molecule has 108 valence electrons. The molecule has 2 aromatic rings. The minimum Gasteiger partial charge on any atom is -0.439 e. The van der Waals surface area contributed by atoms with Crippen LogP contribution < -0.4 is 9.46 Å². The molecule has 21 heavy (non-hydrogen) atoms. The number of aromatic nitrogens is 1. The van der Waals surface area contributed by atoms with Crippen molar-refractivity contribution in [2.45, 2.75) is 6.92 Å². The molecule has 1 aromatic carbocycles. The molecule has 0 spiro atoms. The standard InChI is InChI=1S/C14H13N3O3S/c1-10-11(9-15)3-8-14(16-10)20-13-6-4-12(5-7-13)17-21(2,18)19/h3-8,17H,1-2H3. The van der Waals surface area contributed by atoms with Crippen molar-refractivity contribution in [1.29, 1.82) is 5.26 Å². The summed E-state index contributed by atoms with van der Waals surface area (Å²) in [6.07, 6.45) is 1.08. The Balaban J connectivity index is 2.14. The molecule has 1 heterocycles. The fourth-order valence-electron chi connectivity index (χ4n) is 1.64. The maximum Gasteiger partial charge on any atom is 0.229 e. The maximum atomic E-state index is 11.1. The van der Waals surface area contributed by atoms with Gasteiger partial charge in [-0.15, -0.1) is 0 Å². The quantitative estimate of drug-likeness (QED) is 0.936. The van der Waals surface area contributed by atoms with E-state index in [1.165, 1.54) is 0 Å². The lowest BCUT2D eigenvalue weighted by molar-refractivity contribution is 0.461. The summed E-state index contributed by atoms with van der Waals surface area (Å²) < 4.78 is 30.1. The topological polar surface area (TPSA) is 92.1 Å². The zero-order valence-electron chi connectivity index (χ0n) is 11.5. The van der Waals surface area contributed by atoms with Crippen LogP contribution in [-0.2, 0) is 10.0 Å². The lowest BCUT2D eigenvalue weighted by Gasteiger charge is -2.08. The molecule has 1 aromatic heterocycles. The first-order valence-electron chi connectivity index (χ1n) is 6.01. The second kappa shape index (κ2) is 5.81. The summed E-state index contributed by atoms with van der Waals surface area (Å²) in [4.78, 5) is 4.16. The first-order valence-corrected chi connectivity index (χ1v) is 7.90. The van der Waals surface area contributed by atoms with Crippen LogP contribution in [0.4, 0.5) is 5.69 Å². The van der Waals surface area contributed by atoms with Crippen LogP contribution in [0.2, 0.25) is 0 Å². The van der Waals surface area contributed by atoms with Crippen molar-refractivity contribution >= 4 is 15.7 Å². The Hall–Kier alpha value is -2.59. The molecule has 0 radical (unpaired) electrons. The van der Waals surface area contributed by atoms with Crippen LogP contribution in [-0.4, -0.2) is 19.7 Å². The van der Waals surface area contributed by atoms with Gasteiger partial charge in [0.05, 0.1) is 17.5 Å². The summed E-state index contributed by atoms with van der Waals surface area (Å²) in [6.45, 7) is 1.73. The van der Waals surface area contributed by atoms with Crippen molar-refractivity contribution < 1.29 is 13.2 Å². The second-order valence-electron chi connectivity index (χ2n) is 4.39. The van der Waals surface area contributed by atoms with Gasteiger partial charge in [0.25, 0.3) is 0 Å². The van der Waals surface area contributed by atoms with Crippen molar-refractivity contribution in [1.82, 2.24) is 4.98 Å². The summed E-state index contributed by atoms with van der Waals surface area (Å²) in [6, 6.07) is 11.7. The molecule has 1 N–H and O–H groups in total. The molecular weight excluding hydrogens is 290 g/mol. The Kier molecular flexibility index (Phi) is 4.10. The van der Waals surface area contributed by atoms with E-state index in [-0.39, 0.29) is 0 Å². The van der Waals surface area contributed by atoms with E-state index in [2.05, 4.69) is 9.71 Å². The van der Waals surface area contributed by atoms with E-state index >= 15 is 0 Å². The Bertz CT molecular complexity index is 793. The number of aryl methyl sites for hydroxylation is 1. The summed E-state index contributed by atoms with van der Waals surface area (Å²) in [7, 11) is -3.30. The van der Waals surface area contributed by atoms with Gasteiger partial charge in [0.1, 0.15) is 11.8 Å². The van der Waals surface area contributed by atoms with Crippen molar-refractivity contribution in [3.05, 3.63) is 47.7 Å². The van der Waals surface area contributed by atoms with Gasteiger partial charge in [-0.25, -0.2) is 13.4 Å². The largest absolute Gasteiger partial charge is 0.439 e. The number of pyridine rings is 1. The lowest BCUT2D eigenvalue weighted by atomic mass is 10.2. The van der Waals surface area contributed by atoms with Gasteiger partial charge >= 0.3 is 0 Å². The van der Waals surface area contributed by atoms with Gasteiger partial charge in [-0.3, -0.25) is 4.72 Å². The molecule has 0 fully saturated rings. The number of ether oxygens (including phenoxy) is 1. The summed E-state index contributed by atoms with van der Waals surface area (Å²) in [5.74, 6) is 0.890. The lowest BCUT2D eigenvalue weighted by Crippen LogP contribution is -2.09. The van der Waals surface area contributed by atoms with Gasteiger partial charge in [-0.2, -0.15) is 5.26 Å². The zero-order valence-corrected chi connectivity index (χ0v) is 12.3. The van der Waals surface area contributed by atoms with E-state index in [1.807, 2.05) is 6.07 Å². The zero-order chi connectivity index (χ0) is 15.5. The molecule has 0 unspecified atom stereocenters. The van der Waals surface area contributed by atoms with E-state index in [1.54, 1.807) is 43.3 Å². The van der Waals surface area contributed by atoms with Gasteiger partial charge in [0.15, 0.2) is 0 Å². The Morgan fingerprint density at radius 1 is 1.19 bits per heavy atom. The monoisotopic (exact) mass is 303 g/mol. The highest BCUT2D eigenvalue weighted by Crippen LogP contribution is 2.22. The van der Waals surface area contributed by atoms with E-state index < -0.39 is 10.0 Å². The third-order valence-electron chi connectivity index (χ3n) is 2.56. The van der Waals surface area contributed by atoms with E-state index in [0.717, 1.165) is 6.26 Å². The Morgan fingerprint density at radius 2 is 1.86 bits per heavy atom. The second-order valence-corrected chi connectivity index (χ2v) is 6.14. The third kappa shape index (κ3) is 4.19. The van der Waals surface area contributed by atoms with E-state index in [0.29, 0.717) is 28.6 Å². The van der Waals surface area contributed by atoms with Crippen LogP contribution in [0.15, 0.2) is 36.4 Å². The van der Waals surface area contributed by atoms with Crippen molar-refractivity contribution in [2.24, 2.45) is 0 Å². The SMILES string of the molecule is Cc1nc(Oc2ccc(NS(C)(=O)=O)cc2)ccc1C#N. The Morgan fingerprint density at radius 3 is 2.38 bits per heavy atom. The molecule has 0 aliphatic carbocycles. The predicted molar refractivity (Wildman–Crippen MR) is 78.7 cm³/mol. The number of sulfonamides is 1. The van der Waals surface area contributed by atoms with Gasteiger partial charge in [-0.1, -0.05) is 0 Å². The van der Waals surface area contributed by atoms with E-state index in [9.17, 15) is 8.42 Å². The number of anilines is 1. The molecule has 0 amide bonds. The van der Waals surface area contributed by atoms with Crippen LogP contribution in [0.5, 0.6) is 11.6 Å². The fraction of sp³-hybridized carbons (Fsp3) is 0.143. The van der Waals surface area contributed by atoms with Crippen molar-refractivity contribution in [2.75, 3.05) is 11.0 Å². The van der Waals surface area contributed by atoms with Crippen LogP contribution in [0.1, 0.15) is 11.3 Å². The molecule has 0 bridgehead atoms. The number of nitriles is 1. The van der Waals surface area contributed by atoms with Gasteiger partial charge < -0.3 is 4.74 Å². The summed E-state index contributed by atoms with van der Waals surface area (Å²) in [5.41, 5.74) is 1.54. The van der Waals surface area contributed by atoms with Crippen LogP contribution in [0, 0.1) is 18.3 Å². The molecule has 0 saturated carbocycles. The number of nitrogens with zero attached hydrogens (tertiary/aromatic N) is 2. The predicted octanol–water partition coefficient (Wildman–Crippen LogP) is 2.43. The van der Waals surface area contributed by atoms with Crippen LogP contribution >= 0.6 is 0 Å². The van der Waals surface area contributed by atoms with Gasteiger partial charge in [0, 0.05) is 11.8 Å². The Labute approximate surface area is 123 Å². The first-order chi connectivity index (χ1) is 9.87. The number of hydrogen-bond donors (Lipinski definition) is 1. The van der Waals surface area contributed by atoms with Crippen molar-refractivity contribution in [3.8, 4) is 17.7 Å². The molecule has 0 aliphatic heterocycles. The highest BCUT2D eigenvalue weighted by atomic mass is 32.2. The van der Waals surface area contributed by atoms with Gasteiger partial charge in [-0.05, 0) is 37.3 Å². The van der Waals surface area contributed by atoms with Crippen LogP contribution in [0.3, 0.4) is 0 Å². The number of rotatable bonds is 4. The fourth-order valence-corrected chi connectivity index (χ4v) is 2.20. The maximum absolute atomic E-state index is 11.1. The average molecular weight is 303 g/mol. The minimum atomic E-state index is -3.30. The number of benzene rings is 1. The number of hydrogen-bond acceptors (Lipinski definition) is 5. The summed E-state index contributed by atoms with van der Waals surface area (Å²) in [5, 5.41) is 8.84.